The van der Waals surface area contributed by atoms with Gasteiger partial charge in [0.15, 0.2) is 0 Å². The summed E-state index contributed by atoms with van der Waals surface area (Å²) in [4.78, 5) is 24.4. The van der Waals surface area contributed by atoms with Crippen LogP contribution in [0.15, 0.2) is 22.8 Å². The molecule has 1 saturated heterocycles. The van der Waals surface area contributed by atoms with E-state index in [4.69, 9.17) is 9.52 Å². The van der Waals surface area contributed by atoms with Crippen LogP contribution in [0.4, 0.5) is 0 Å². The van der Waals surface area contributed by atoms with Crippen LogP contribution in [0.5, 0.6) is 0 Å². The number of carboxylic acid groups (broad SMARTS) is 1. The summed E-state index contributed by atoms with van der Waals surface area (Å²) in [5, 5.41) is 11.6. The molecule has 1 atom stereocenters. The highest BCUT2D eigenvalue weighted by Gasteiger charge is 2.27. The van der Waals surface area contributed by atoms with Crippen LogP contribution in [0.1, 0.15) is 25.0 Å². The number of likely N-dealkylation sites (tertiary alicyclic amines) is 1. The Morgan fingerprint density at radius 1 is 1.53 bits per heavy atom. The van der Waals surface area contributed by atoms with Gasteiger partial charge in [0.2, 0.25) is 5.91 Å². The number of amides is 1. The van der Waals surface area contributed by atoms with Crippen LogP contribution >= 0.6 is 0 Å². The van der Waals surface area contributed by atoms with E-state index in [1.54, 1.807) is 18.4 Å². The van der Waals surface area contributed by atoms with Crippen LogP contribution in [0.2, 0.25) is 0 Å². The fourth-order valence-corrected chi connectivity index (χ4v) is 2.38. The summed E-state index contributed by atoms with van der Waals surface area (Å²) in [6.07, 6.45) is 3.46. The molecule has 2 N–H and O–H groups in total. The lowest BCUT2D eigenvalue weighted by Gasteiger charge is -2.22. The molecule has 19 heavy (non-hydrogen) atoms. The fourth-order valence-electron chi connectivity index (χ4n) is 2.38. The minimum atomic E-state index is -0.812. The van der Waals surface area contributed by atoms with Gasteiger partial charge in [0.05, 0.1) is 25.8 Å². The number of rotatable bonds is 6. The Labute approximate surface area is 111 Å². The molecule has 104 valence electrons. The summed E-state index contributed by atoms with van der Waals surface area (Å²) in [5.41, 5.74) is 0. The van der Waals surface area contributed by atoms with E-state index in [0.29, 0.717) is 12.3 Å². The van der Waals surface area contributed by atoms with E-state index >= 15 is 0 Å². The molecule has 1 aliphatic heterocycles. The van der Waals surface area contributed by atoms with Crippen LogP contribution in [0.3, 0.4) is 0 Å². The molecule has 0 aromatic carbocycles. The Hall–Kier alpha value is -1.82. The Bertz CT molecular complexity index is 430. The van der Waals surface area contributed by atoms with Crippen LogP contribution in [0, 0.1) is 0 Å². The van der Waals surface area contributed by atoms with Gasteiger partial charge in [-0.25, -0.2) is 0 Å². The van der Waals surface area contributed by atoms with E-state index < -0.39 is 5.97 Å². The van der Waals surface area contributed by atoms with Crippen molar-refractivity contribution in [1.29, 1.82) is 0 Å². The van der Waals surface area contributed by atoms with Crippen molar-refractivity contribution in [1.82, 2.24) is 10.2 Å². The molecule has 6 heteroatoms. The molecule has 0 saturated carbocycles. The number of nitrogens with one attached hydrogen (secondary N) is 1. The third kappa shape index (κ3) is 4.10. The average molecular weight is 266 g/mol. The van der Waals surface area contributed by atoms with E-state index in [2.05, 4.69) is 5.32 Å². The number of carbonyl (C=O) groups excluding carboxylic acids is 1. The monoisotopic (exact) mass is 266 g/mol. The second kappa shape index (κ2) is 6.38. The lowest BCUT2D eigenvalue weighted by Crippen LogP contribution is -2.40. The van der Waals surface area contributed by atoms with E-state index in [1.165, 1.54) is 0 Å². The van der Waals surface area contributed by atoms with Crippen molar-refractivity contribution in [2.75, 3.05) is 13.1 Å². The molecule has 1 aromatic rings. The quantitative estimate of drug-likeness (QED) is 0.797. The molecule has 2 rings (SSSR count). The number of aliphatic carboxylic acids is 1. The first-order valence-electron chi connectivity index (χ1n) is 6.40. The Morgan fingerprint density at radius 2 is 2.37 bits per heavy atom. The third-order valence-electron chi connectivity index (χ3n) is 3.30. The summed E-state index contributed by atoms with van der Waals surface area (Å²) in [7, 11) is 0. The molecular weight excluding hydrogens is 248 g/mol. The number of hydrogen-bond donors (Lipinski definition) is 2. The van der Waals surface area contributed by atoms with Crippen molar-refractivity contribution in [3.8, 4) is 0 Å². The third-order valence-corrected chi connectivity index (χ3v) is 3.30. The lowest BCUT2D eigenvalue weighted by molar-refractivity contribution is -0.138. The van der Waals surface area contributed by atoms with Gasteiger partial charge in [0, 0.05) is 6.04 Å². The summed E-state index contributed by atoms with van der Waals surface area (Å²) in [5.74, 6) is -0.210. The topological polar surface area (TPSA) is 82.8 Å². The molecule has 6 nitrogen and oxygen atoms in total. The second-order valence-corrected chi connectivity index (χ2v) is 4.72. The van der Waals surface area contributed by atoms with Gasteiger partial charge in [-0.1, -0.05) is 0 Å². The predicted octanol–water partition coefficient (Wildman–Crippen LogP) is 0.835. The van der Waals surface area contributed by atoms with Gasteiger partial charge in [-0.05, 0) is 31.5 Å². The summed E-state index contributed by atoms with van der Waals surface area (Å²) in [6.45, 7) is 1.40. The highest BCUT2D eigenvalue weighted by Crippen LogP contribution is 2.19. The maximum atomic E-state index is 11.8. The minimum Gasteiger partial charge on any atom is -0.481 e. The predicted molar refractivity (Wildman–Crippen MR) is 67.4 cm³/mol. The van der Waals surface area contributed by atoms with E-state index in [1.807, 2.05) is 4.90 Å². The highest BCUT2D eigenvalue weighted by molar-refractivity contribution is 5.78. The first-order chi connectivity index (χ1) is 9.15. The van der Waals surface area contributed by atoms with Gasteiger partial charge < -0.3 is 14.8 Å². The fraction of sp³-hybridized carbons (Fsp3) is 0.538. The van der Waals surface area contributed by atoms with Crippen molar-refractivity contribution in [3.63, 3.8) is 0 Å². The normalized spacial score (nSPS) is 19.5. The molecule has 1 amide bonds. The standard InChI is InChI=1S/C13H18N2O4/c16-12(14-8-11-4-2-6-19-11)9-15-5-1-3-10(15)7-13(17)18/h2,4,6,10H,1,3,5,7-9H2,(H,14,16)(H,17,18). The Balaban J connectivity index is 1.76. The van der Waals surface area contributed by atoms with Crippen LogP contribution in [0.25, 0.3) is 0 Å². The second-order valence-electron chi connectivity index (χ2n) is 4.72. The first-order valence-corrected chi connectivity index (χ1v) is 6.40. The Morgan fingerprint density at radius 3 is 3.05 bits per heavy atom. The number of nitrogens with zero attached hydrogens (tertiary/aromatic N) is 1. The molecule has 1 aromatic heterocycles. The molecular formula is C13H18N2O4. The van der Waals surface area contributed by atoms with Crippen molar-refractivity contribution in [2.45, 2.75) is 31.8 Å². The molecule has 1 aliphatic rings. The van der Waals surface area contributed by atoms with Crippen molar-refractivity contribution in [3.05, 3.63) is 24.2 Å². The van der Waals surface area contributed by atoms with Gasteiger partial charge >= 0.3 is 5.97 Å². The average Bonchev–Trinajstić information content (AvgIpc) is 2.98. The number of hydrogen-bond acceptors (Lipinski definition) is 4. The van der Waals surface area contributed by atoms with Crippen LogP contribution in [-0.2, 0) is 16.1 Å². The first kappa shape index (κ1) is 13.6. The van der Waals surface area contributed by atoms with Gasteiger partial charge in [-0.2, -0.15) is 0 Å². The van der Waals surface area contributed by atoms with E-state index in [9.17, 15) is 9.59 Å². The Kier molecular flexibility index (Phi) is 4.57. The van der Waals surface area contributed by atoms with E-state index in [0.717, 1.165) is 19.4 Å². The number of carboxylic acids is 1. The molecule has 1 unspecified atom stereocenters. The number of furan rings is 1. The zero-order chi connectivity index (χ0) is 13.7. The molecule has 0 spiro atoms. The maximum absolute atomic E-state index is 11.8. The number of carbonyl (C=O) groups is 2. The van der Waals surface area contributed by atoms with Gasteiger partial charge in [0.25, 0.3) is 0 Å². The lowest BCUT2D eigenvalue weighted by atomic mass is 10.1. The molecule has 0 radical (unpaired) electrons. The molecule has 2 heterocycles. The SMILES string of the molecule is O=C(O)CC1CCCN1CC(=O)NCc1ccco1. The summed E-state index contributed by atoms with van der Waals surface area (Å²) < 4.78 is 5.12. The van der Waals surface area contributed by atoms with Crippen molar-refractivity contribution in [2.24, 2.45) is 0 Å². The van der Waals surface area contributed by atoms with Crippen molar-refractivity contribution >= 4 is 11.9 Å². The largest absolute Gasteiger partial charge is 0.481 e. The molecule has 0 bridgehead atoms. The zero-order valence-electron chi connectivity index (χ0n) is 10.7. The van der Waals surface area contributed by atoms with Gasteiger partial charge in [-0.3, -0.25) is 14.5 Å². The van der Waals surface area contributed by atoms with Gasteiger partial charge in [-0.15, -0.1) is 0 Å². The van der Waals surface area contributed by atoms with Crippen molar-refractivity contribution < 1.29 is 19.1 Å². The van der Waals surface area contributed by atoms with Gasteiger partial charge in [0.1, 0.15) is 5.76 Å². The summed E-state index contributed by atoms with van der Waals surface area (Å²) in [6, 6.07) is 3.54. The smallest absolute Gasteiger partial charge is 0.304 e. The summed E-state index contributed by atoms with van der Waals surface area (Å²) >= 11 is 0. The van der Waals surface area contributed by atoms with Crippen LogP contribution < -0.4 is 5.32 Å². The molecule has 0 aliphatic carbocycles. The highest BCUT2D eigenvalue weighted by atomic mass is 16.4. The molecule has 1 fully saturated rings. The maximum Gasteiger partial charge on any atom is 0.304 e. The van der Waals surface area contributed by atoms with E-state index in [-0.39, 0.29) is 24.9 Å². The zero-order valence-corrected chi connectivity index (χ0v) is 10.7. The van der Waals surface area contributed by atoms with Crippen LogP contribution in [-0.4, -0.2) is 41.0 Å². The minimum absolute atomic E-state index is 0.0214.